The second-order valence-corrected chi connectivity index (χ2v) is 5.23. The normalized spacial score (nSPS) is 10.0. The summed E-state index contributed by atoms with van der Waals surface area (Å²) in [6.07, 6.45) is 0. The number of nitrogens with zero attached hydrogens (tertiary/aromatic N) is 1. The lowest BCUT2D eigenvalue weighted by Gasteiger charge is -2.14. The third-order valence-corrected chi connectivity index (χ3v) is 3.52. The lowest BCUT2D eigenvalue weighted by atomic mass is 10.1. The van der Waals surface area contributed by atoms with Gasteiger partial charge >= 0.3 is 0 Å². The minimum atomic E-state index is 0.371. The maximum Gasteiger partial charge on any atom is 0.180 e. The van der Waals surface area contributed by atoms with Gasteiger partial charge in [0.05, 0.1) is 23.8 Å². The molecule has 2 rings (SSSR count). The SMILES string of the molecule is COc1cc(C#N)cc(Cl)c1OCc1cc(C)ccc1C. The number of hydrogen-bond donors (Lipinski definition) is 0. The zero-order valence-corrected chi connectivity index (χ0v) is 13.0. The molecule has 4 heteroatoms. The highest BCUT2D eigenvalue weighted by molar-refractivity contribution is 6.32. The maximum atomic E-state index is 8.94. The van der Waals surface area contributed by atoms with E-state index in [-0.39, 0.29) is 0 Å². The van der Waals surface area contributed by atoms with E-state index >= 15 is 0 Å². The fraction of sp³-hybridized carbons (Fsp3) is 0.235. The molecule has 0 aliphatic rings. The molecule has 0 atom stereocenters. The molecule has 21 heavy (non-hydrogen) atoms. The van der Waals surface area contributed by atoms with Crippen molar-refractivity contribution >= 4 is 11.6 Å². The number of ether oxygens (including phenoxy) is 2. The zero-order chi connectivity index (χ0) is 15.4. The van der Waals surface area contributed by atoms with Crippen LogP contribution in [0.1, 0.15) is 22.3 Å². The summed E-state index contributed by atoms with van der Waals surface area (Å²) in [6.45, 7) is 4.48. The van der Waals surface area contributed by atoms with Gasteiger partial charge in [-0.3, -0.25) is 0 Å². The van der Waals surface area contributed by atoms with Crippen LogP contribution >= 0.6 is 11.6 Å². The molecule has 0 spiro atoms. The fourth-order valence-electron chi connectivity index (χ4n) is 2.03. The van der Waals surface area contributed by atoms with Gasteiger partial charge in [0.1, 0.15) is 6.61 Å². The lowest BCUT2D eigenvalue weighted by Crippen LogP contribution is -2.01. The van der Waals surface area contributed by atoms with Crippen LogP contribution in [0.15, 0.2) is 30.3 Å². The molecule has 0 aromatic heterocycles. The summed E-state index contributed by atoms with van der Waals surface area (Å²) in [5.41, 5.74) is 3.87. The van der Waals surface area contributed by atoms with Crippen LogP contribution < -0.4 is 9.47 Å². The molecule has 0 fully saturated rings. The van der Waals surface area contributed by atoms with Crippen molar-refractivity contribution in [1.29, 1.82) is 5.26 Å². The molecule has 0 amide bonds. The Morgan fingerprint density at radius 1 is 1.19 bits per heavy atom. The van der Waals surface area contributed by atoms with Crippen molar-refractivity contribution < 1.29 is 9.47 Å². The van der Waals surface area contributed by atoms with Crippen molar-refractivity contribution in [1.82, 2.24) is 0 Å². The van der Waals surface area contributed by atoms with Crippen molar-refractivity contribution in [3.05, 3.63) is 57.6 Å². The van der Waals surface area contributed by atoms with Gasteiger partial charge in [-0.1, -0.05) is 35.4 Å². The average molecular weight is 302 g/mol. The Bertz CT molecular complexity index is 705. The summed E-state index contributed by atoms with van der Waals surface area (Å²) >= 11 is 6.17. The van der Waals surface area contributed by atoms with Gasteiger partial charge in [-0.15, -0.1) is 0 Å². The molecule has 0 bridgehead atoms. The van der Waals surface area contributed by atoms with Crippen molar-refractivity contribution in [3.8, 4) is 17.6 Å². The highest BCUT2D eigenvalue weighted by atomic mass is 35.5. The number of nitriles is 1. The van der Waals surface area contributed by atoms with Crippen LogP contribution in [-0.2, 0) is 6.61 Å². The van der Waals surface area contributed by atoms with Gasteiger partial charge in [-0.25, -0.2) is 0 Å². The van der Waals surface area contributed by atoms with Crippen LogP contribution in [0.25, 0.3) is 0 Å². The third-order valence-electron chi connectivity index (χ3n) is 3.24. The number of benzene rings is 2. The molecule has 0 N–H and O–H groups in total. The predicted molar refractivity (Wildman–Crippen MR) is 83.0 cm³/mol. The van der Waals surface area contributed by atoms with Crippen molar-refractivity contribution in [2.45, 2.75) is 20.5 Å². The van der Waals surface area contributed by atoms with Crippen LogP contribution in [0, 0.1) is 25.2 Å². The molecule has 2 aromatic carbocycles. The van der Waals surface area contributed by atoms with Crippen molar-refractivity contribution in [3.63, 3.8) is 0 Å². The standard InChI is InChI=1S/C17H16ClNO2/c1-11-4-5-12(2)14(6-11)10-21-17-15(18)7-13(9-19)8-16(17)20-3/h4-8H,10H2,1-3H3. The predicted octanol–water partition coefficient (Wildman–Crippen LogP) is 4.42. The van der Waals surface area contributed by atoms with E-state index in [1.54, 1.807) is 12.1 Å². The number of hydrogen-bond acceptors (Lipinski definition) is 3. The monoisotopic (exact) mass is 301 g/mol. The summed E-state index contributed by atoms with van der Waals surface area (Å²) < 4.78 is 11.1. The summed E-state index contributed by atoms with van der Waals surface area (Å²) in [5, 5.41) is 9.31. The van der Waals surface area contributed by atoms with Gasteiger partial charge in [-0.05, 0) is 31.0 Å². The second kappa shape index (κ2) is 6.51. The van der Waals surface area contributed by atoms with Gasteiger partial charge in [-0.2, -0.15) is 5.26 Å². The Kier molecular flexibility index (Phi) is 4.72. The topological polar surface area (TPSA) is 42.2 Å². The zero-order valence-electron chi connectivity index (χ0n) is 12.2. The smallest absolute Gasteiger partial charge is 0.180 e. The average Bonchev–Trinajstić information content (AvgIpc) is 2.48. The van der Waals surface area contributed by atoms with Crippen LogP contribution in [-0.4, -0.2) is 7.11 Å². The van der Waals surface area contributed by atoms with Crippen LogP contribution in [0.4, 0.5) is 0 Å². The molecule has 0 aliphatic carbocycles. The third kappa shape index (κ3) is 3.48. The van der Waals surface area contributed by atoms with E-state index in [1.807, 2.05) is 19.9 Å². The molecule has 108 valence electrons. The summed E-state index contributed by atoms with van der Waals surface area (Å²) in [6, 6.07) is 11.4. The highest BCUT2D eigenvalue weighted by Crippen LogP contribution is 2.36. The van der Waals surface area contributed by atoms with Crippen molar-refractivity contribution in [2.24, 2.45) is 0 Å². The Morgan fingerprint density at radius 3 is 2.62 bits per heavy atom. The van der Waals surface area contributed by atoms with E-state index in [2.05, 4.69) is 18.2 Å². The summed E-state index contributed by atoms with van der Waals surface area (Å²) in [5.74, 6) is 0.920. The second-order valence-electron chi connectivity index (χ2n) is 4.82. The van der Waals surface area contributed by atoms with Gasteiger partial charge < -0.3 is 9.47 Å². The van der Waals surface area contributed by atoms with E-state index in [0.717, 1.165) is 11.1 Å². The Morgan fingerprint density at radius 2 is 1.95 bits per heavy atom. The fourth-order valence-corrected chi connectivity index (χ4v) is 2.30. The van der Waals surface area contributed by atoms with Gasteiger partial charge in [0, 0.05) is 6.07 Å². The summed E-state index contributed by atoms with van der Waals surface area (Å²) in [4.78, 5) is 0. The van der Waals surface area contributed by atoms with Crippen LogP contribution in [0.2, 0.25) is 5.02 Å². The molecule has 0 radical (unpaired) electrons. The lowest BCUT2D eigenvalue weighted by molar-refractivity contribution is 0.284. The highest BCUT2D eigenvalue weighted by Gasteiger charge is 2.12. The molecular weight excluding hydrogens is 286 g/mol. The molecule has 0 saturated heterocycles. The number of rotatable bonds is 4. The molecule has 0 unspecified atom stereocenters. The molecule has 0 heterocycles. The van der Waals surface area contributed by atoms with Gasteiger partial charge in [0.2, 0.25) is 0 Å². The quantitative estimate of drug-likeness (QED) is 0.839. The first kappa shape index (κ1) is 15.2. The van der Waals surface area contributed by atoms with E-state index in [9.17, 15) is 0 Å². The number of halogens is 1. The van der Waals surface area contributed by atoms with E-state index in [4.69, 9.17) is 26.3 Å². The Labute approximate surface area is 129 Å². The largest absolute Gasteiger partial charge is 0.493 e. The summed E-state index contributed by atoms with van der Waals surface area (Å²) in [7, 11) is 1.53. The van der Waals surface area contributed by atoms with Crippen molar-refractivity contribution in [2.75, 3.05) is 7.11 Å². The maximum absolute atomic E-state index is 8.94. The minimum absolute atomic E-state index is 0.371. The number of aryl methyl sites for hydroxylation is 2. The molecule has 3 nitrogen and oxygen atoms in total. The Balaban J connectivity index is 2.28. The minimum Gasteiger partial charge on any atom is -0.493 e. The van der Waals surface area contributed by atoms with E-state index < -0.39 is 0 Å². The van der Waals surface area contributed by atoms with Gasteiger partial charge in [0.15, 0.2) is 11.5 Å². The molecular formula is C17H16ClNO2. The number of methoxy groups -OCH3 is 1. The Hall–Kier alpha value is -2.18. The van der Waals surface area contributed by atoms with E-state index in [0.29, 0.717) is 28.7 Å². The first-order valence-electron chi connectivity index (χ1n) is 6.51. The molecule has 2 aromatic rings. The van der Waals surface area contributed by atoms with E-state index in [1.165, 1.54) is 12.7 Å². The van der Waals surface area contributed by atoms with Crippen LogP contribution in [0.3, 0.4) is 0 Å². The van der Waals surface area contributed by atoms with Gasteiger partial charge in [0.25, 0.3) is 0 Å². The van der Waals surface area contributed by atoms with Crippen LogP contribution in [0.5, 0.6) is 11.5 Å². The molecule has 0 saturated carbocycles. The first-order chi connectivity index (χ1) is 10.0. The first-order valence-corrected chi connectivity index (χ1v) is 6.89. The molecule has 0 aliphatic heterocycles.